The number of nitrogens with zero attached hydrogens (tertiary/aromatic N) is 1. The van der Waals surface area contributed by atoms with Crippen LogP contribution >= 0.6 is 11.6 Å². The maximum atomic E-state index is 12.7. The maximum absolute atomic E-state index is 12.7. The summed E-state index contributed by atoms with van der Waals surface area (Å²) in [7, 11) is 0. The van der Waals surface area contributed by atoms with Gasteiger partial charge in [0.25, 0.3) is 5.91 Å². The van der Waals surface area contributed by atoms with Gasteiger partial charge in [-0.2, -0.15) is 18.4 Å². The fourth-order valence-electron chi connectivity index (χ4n) is 1.85. The highest BCUT2D eigenvalue weighted by molar-refractivity contribution is 6.30. The van der Waals surface area contributed by atoms with Crippen molar-refractivity contribution < 1.29 is 18.0 Å². The van der Waals surface area contributed by atoms with Crippen LogP contribution in [-0.4, -0.2) is 5.91 Å². The zero-order valence-corrected chi connectivity index (χ0v) is 12.8. The Labute approximate surface area is 141 Å². The lowest BCUT2D eigenvalue weighted by Gasteiger charge is -2.07. The van der Waals surface area contributed by atoms with Crippen molar-refractivity contribution in [1.29, 1.82) is 5.26 Å². The third kappa shape index (κ3) is 4.61. The highest BCUT2D eigenvalue weighted by Gasteiger charge is 2.30. The molecule has 0 aliphatic rings. The number of nitrogens with one attached hydrogen (secondary N) is 1. The number of rotatable bonds is 3. The Bertz CT molecular complexity index is 821. The van der Waals surface area contributed by atoms with Crippen molar-refractivity contribution in [3.63, 3.8) is 0 Å². The van der Waals surface area contributed by atoms with E-state index < -0.39 is 17.6 Å². The smallest absolute Gasteiger partial charge is 0.321 e. The van der Waals surface area contributed by atoms with Gasteiger partial charge in [0.15, 0.2) is 0 Å². The van der Waals surface area contributed by atoms with E-state index in [1.165, 1.54) is 12.1 Å². The van der Waals surface area contributed by atoms with Crippen LogP contribution in [0.1, 0.15) is 11.1 Å². The molecule has 2 rings (SSSR count). The number of benzene rings is 2. The van der Waals surface area contributed by atoms with Gasteiger partial charge in [0, 0.05) is 10.7 Å². The first-order valence-corrected chi connectivity index (χ1v) is 7.03. The van der Waals surface area contributed by atoms with Crippen LogP contribution in [0, 0.1) is 11.3 Å². The number of halogens is 4. The summed E-state index contributed by atoms with van der Waals surface area (Å²) in [6.07, 6.45) is -3.40. The molecular weight excluding hydrogens is 341 g/mol. The molecule has 3 nitrogen and oxygen atoms in total. The molecular formula is C17H10ClF3N2O. The van der Waals surface area contributed by atoms with Gasteiger partial charge in [-0.1, -0.05) is 23.7 Å². The number of nitriles is 1. The van der Waals surface area contributed by atoms with Gasteiger partial charge < -0.3 is 5.32 Å². The summed E-state index contributed by atoms with van der Waals surface area (Å²) in [5.74, 6) is -0.725. The van der Waals surface area contributed by atoms with E-state index in [4.69, 9.17) is 16.9 Å². The first kappa shape index (κ1) is 17.6. The summed E-state index contributed by atoms with van der Waals surface area (Å²) in [5, 5.41) is 12.0. The van der Waals surface area contributed by atoms with E-state index in [0.29, 0.717) is 10.7 Å². The molecule has 1 amide bonds. The van der Waals surface area contributed by atoms with Crippen LogP contribution in [0.3, 0.4) is 0 Å². The summed E-state index contributed by atoms with van der Waals surface area (Å²) < 4.78 is 38.1. The van der Waals surface area contributed by atoms with Gasteiger partial charge in [-0.25, -0.2) is 0 Å². The molecule has 0 aliphatic heterocycles. The highest BCUT2D eigenvalue weighted by Crippen LogP contribution is 2.30. The summed E-state index contributed by atoms with van der Waals surface area (Å²) in [4.78, 5) is 12.1. The van der Waals surface area contributed by atoms with Crippen LogP contribution in [0.2, 0.25) is 5.02 Å². The molecule has 0 atom stereocenters. The summed E-state index contributed by atoms with van der Waals surface area (Å²) >= 11 is 5.73. The molecule has 2 aromatic rings. The fraction of sp³-hybridized carbons (Fsp3) is 0.0588. The second-order valence-electron chi connectivity index (χ2n) is 4.75. The number of amides is 1. The summed E-state index contributed by atoms with van der Waals surface area (Å²) in [6.45, 7) is 0. The molecule has 0 saturated carbocycles. The van der Waals surface area contributed by atoms with E-state index in [1.54, 1.807) is 30.3 Å². The quantitative estimate of drug-likeness (QED) is 0.632. The number of anilines is 1. The molecule has 0 unspecified atom stereocenters. The Kier molecular flexibility index (Phi) is 5.27. The highest BCUT2D eigenvalue weighted by atomic mass is 35.5. The molecule has 0 radical (unpaired) electrons. The number of carbonyl (C=O) groups excluding carboxylic acids is 1. The first-order chi connectivity index (χ1) is 11.3. The van der Waals surface area contributed by atoms with Crippen molar-refractivity contribution in [3.05, 3.63) is 70.3 Å². The van der Waals surface area contributed by atoms with Gasteiger partial charge in [0.1, 0.15) is 11.6 Å². The van der Waals surface area contributed by atoms with Crippen LogP contribution in [0.25, 0.3) is 6.08 Å². The van der Waals surface area contributed by atoms with E-state index in [0.717, 1.165) is 18.2 Å². The standard InChI is InChI=1S/C17H10ClF3N2O/c18-14-4-6-15(7-5-14)23-16(24)12(10-22)8-11-2-1-3-13(9-11)17(19,20)21/h1-9H,(H,23,24). The molecule has 7 heteroatoms. The lowest BCUT2D eigenvalue weighted by Crippen LogP contribution is -2.13. The van der Waals surface area contributed by atoms with Crippen molar-refractivity contribution >= 4 is 29.3 Å². The predicted molar refractivity (Wildman–Crippen MR) is 85.1 cm³/mol. The van der Waals surface area contributed by atoms with Crippen LogP contribution in [0.5, 0.6) is 0 Å². The average molecular weight is 351 g/mol. The Hall–Kier alpha value is -2.78. The van der Waals surface area contributed by atoms with E-state index >= 15 is 0 Å². The van der Waals surface area contributed by atoms with Gasteiger partial charge >= 0.3 is 6.18 Å². The minimum absolute atomic E-state index is 0.104. The molecule has 24 heavy (non-hydrogen) atoms. The Balaban J connectivity index is 2.24. The minimum Gasteiger partial charge on any atom is -0.321 e. The fourth-order valence-corrected chi connectivity index (χ4v) is 1.98. The SMILES string of the molecule is N#CC(=Cc1cccc(C(F)(F)F)c1)C(=O)Nc1ccc(Cl)cc1. The average Bonchev–Trinajstić information content (AvgIpc) is 2.54. The van der Waals surface area contributed by atoms with Crippen molar-refractivity contribution in [2.24, 2.45) is 0 Å². The summed E-state index contributed by atoms with van der Waals surface area (Å²) in [6, 6.07) is 12.2. The third-order valence-corrected chi connectivity index (χ3v) is 3.24. The van der Waals surface area contributed by atoms with E-state index in [-0.39, 0.29) is 11.1 Å². The second-order valence-corrected chi connectivity index (χ2v) is 5.19. The molecule has 0 aromatic heterocycles. The van der Waals surface area contributed by atoms with Crippen LogP contribution in [-0.2, 0) is 11.0 Å². The molecule has 0 fully saturated rings. The van der Waals surface area contributed by atoms with E-state index in [1.807, 2.05) is 0 Å². The maximum Gasteiger partial charge on any atom is 0.416 e. The monoisotopic (exact) mass is 350 g/mol. The third-order valence-electron chi connectivity index (χ3n) is 2.99. The predicted octanol–water partition coefficient (Wildman–Crippen LogP) is 4.90. The molecule has 0 spiro atoms. The molecule has 0 aliphatic carbocycles. The van der Waals surface area contributed by atoms with Gasteiger partial charge in [-0.3, -0.25) is 4.79 Å². The molecule has 1 N–H and O–H groups in total. The molecule has 2 aromatic carbocycles. The van der Waals surface area contributed by atoms with Crippen molar-refractivity contribution in [3.8, 4) is 6.07 Å². The lowest BCUT2D eigenvalue weighted by atomic mass is 10.1. The van der Waals surface area contributed by atoms with Gasteiger partial charge in [0.2, 0.25) is 0 Å². The first-order valence-electron chi connectivity index (χ1n) is 6.65. The van der Waals surface area contributed by atoms with E-state index in [2.05, 4.69) is 5.32 Å². The van der Waals surface area contributed by atoms with Gasteiger partial charge in [0.05, 0.1) is 5.56 Å². The number of alkyl halides is 3. The molecule has 0 saturated heterocycles. The Morgan fingerprint density at radius 1 is 1.17 bits per heavy atom. The largest absolute Gasteiger partial charge is 0.416 e. The normalized spacial score (nSPS) is 11.7. The van der Waals surface area contributed by atoms with Crippen LogP contribution in [0.4, 0.5) is 18.9 Å². The number of hydrogen-bond donors (Lipinski definition) is 1. The summed E-state index contributed by atoms with van der Waals surface area (Å²) in [5.41, 5.74) is -0.654. The van der Waals surface area contributed by atoms with Crippen molar-refractivity contribution in [2.75, 3.05) is 5.32 Å². The number of carbonyl (C=O) groups is 1. The minimum atomic E-state index is -4.50. The molecule has 0 bridgehead atoms. The lowest BCUT2D eigenvalue weighted by molar-refractivity contribution is -0.137. The van der Waals surface area contributed by atoms with Crippen molar-refractivity contribution in [2.45, 2.75) is 6.18 Å². The topological polar surface area (TPSA) is 52.9 Å². The Morgan fingerprint density at radius 3 is 2.42 bits per heavy atom. The van der Waals surface area contributed by atoms with Crippen LogP contribution in [0.15, 0.2) is 54.1 Å². The van der Waals surface area contributed by atoms with Gasteiger partial charge in [-0.15, -0.1) is 0 Å². The zero-order valence-electron chi connectivity index (χ0n) is 12.1. The van der Waals surface area contributed by atoms with E-state index in [9.17, 15) is 18.0 Å². The van der Waals surface area contributed by atoms with Crippen molar-refractivity contribution in [1.82, 2.24) is 0 Å². The molecule has 122 valence electrons. The zero-order chi connectivity index (χ0) is 17.7. The Morgan fingerprint density at radius 2 is 1.83 bits per heavy atom. The number of hydrogen-bond acceptors (Lipinski definition) is 2. The second kappa shape index (κ2) is 7.20. The van der Waals surface area contributed by atoms with Crippen LogP contribution < -0.4 is 5.32 Å². The van der Waals surface area contributed by atoms with Gasteiger partial charge in [-0.05, 0) is 48.0 Å². The molecule has 0 heterocycles.